The summed E-state index contributed by atoms with van der Waals surface area (Å²) in [6, 6.07) is 7.89. The number of hydrazone groups is 1. The summed E-state index contributed by atoms with van der Waals surface area (Å²) in [5, 5.41) is 9.00. The van der Waals surface area contributed by atoms with Crippen LogP contribution in [0.4, 0.5) is 0 Å². The summed E-state index contributed by atoms with van der Waals surface area (Å²) < 4.78 is 1.68. The van der Waals surface area contributed by atoms with Gasteiger partial charge in [-0.2, -0.15) is 10.2 Å². The number of carbonyl (C=O) groups excluding carboxylic acids is 1. The van der Waals surface area contributed by atoms with Crippen LogP contribution in [-0.4, -0.2) is 26.9 Å². The normalized spacial score (nSPS) is 11.3. The predicted octanol–water partition coefficient (Wildman–Crippen LogP) is 1.59. The van der Waals surface area contributed by atoms with Crippen LogP contribution in [0.25, 0.3) is 10.9 Å². The second-order valence-corrected chi connectivity index (χ2v) is 4.78. The quantitative estimate of drug-likeness (QED) is 0.563. The molecule has 1 aromatic carbocycles. The number of nitrogens with one attached hydrogen (secondary N) is 2. The van der Waals surface area contributed by atoms with Crippen molar-refractivity contribution in [2.45, 2.75) is 6.42 Å². The number of nitrogens with zero attached hydrogens (tertiary/aromatic N) is 3. The van der Waals surface area contributed by atoms with E-state index in [0.29, 0.717) is 0 Å². The molecule has 0 aliphatic heterocycles. The van der Waals surface area contributed by atoms with Crippen LogP contribution in [0.1, 0.15) is 11.1 Å². The molecule has 21 heavy (non-hydrogen) atoms. The van der Waals surface area contributed by atoms with E-state index >= 15 is 0 Å². The van der Waals surface area contributed by atoms with E-state index in [2.05, 4.69) is 20.6 Å². The van der Waals surface area contributed by atoms with Crippen molar-refractivity contribution in [1.29, 1.82) is 0 Å². The van der Waals surface area contributed by atoms with Gasteiger partial charge in [0.15, 0.2) is 0 Å². The maximum absolute atomic E-state index is 11.9. The molecule has 0 saturated carbocycles. The topological polar surface area (TPSA) is 75.1 Å². The Hall–Kier alpha value is -2.89. The first-order chi connectivity index (χ1) is 10.2. The van der Waals surface area contributed by atoms with E-state index in [-0.39, 0.29) is 12.3 Å². The van der Waals surface area contributed by atoms with Crippen molar-refractivity contribution in [3.63, 3.8) is 0 Å². The van der Waals surface area contributed by atoms with E-state index in [1.54, 1.807) is 17.1 Å². The standard InChI is InChI=1S/C15H15N5O/c1-20-10-11(8-18-20)7-17-19-15(21)6-12-9-16-14-5-3-2-4-13(12)14/h2-5,7-10,16H,6H2,1H3,(H,19,21)/b17-7+. The zero-order valence-electron chi connectivity index (χ0n) is 11.6. The Labute approximate surface area is 121 Å². The van der Waals surface area contributed by atoms with Crippen LogP contribution in [0, 0.1) is 0 Å². The minimum Gasteiger partial charge on any atom is -0.361 e. The third kappa shape index (κ3) is 3.00. The molecule has 0 bridgehead atoms. The van der Waals surface area contributed by atoms with Crippen LogP contribution in [0.5, 0.6) is 0 Å². The lowest BCUT2D eigenvalue weighted by Crippen LogP contribution is -2.19. The number of aromatic amines is 1. The number of para-hydroxylation sites is 1. The third-order valence-electron chi connectivity index (χ3n) is 3.15. The van der Waals surface area contributed by atoms with Gasteiger partial charge >= 0.3 is 0 Å². The molecule has 0 spiro atoms. The molecular weight excluding hydrogens is 266 g/mol. The molecule has 2 heterocycles. The number of aromatic nitrogens is 3. The first-order valence-electron chi connectivity index (χ1n) is 6.58. The average molecular weight is 281 g/mol. The molecule has 0 saturated heterocycles. The van der Waals surface area contributed by atoms with E-state index < -0.39 is 0 Å². The molecule has 106 valence electrons. The zero-order valence-corrected chi connectivity index (χ0v) is 11.6. The number of amides is 1. The summed E-state index contributed by atoms with van der Waals surface area (Å²) in [5.74, 6) is -0.153. The van der Waals surface area contributed by atoms with Crippen molar-refractivity contribution in [2.75, 3.05) is 0 Å². The lowest BCUT2D eigenvalue weighted by molar-refractivity contribution is -0.120. The number of benzene rings is 1. The molecule has 6 nitrogen and oxygen atoms in total. The number of aryl methyl sites for hydroxylation is 1. The fourth-order valence-corrected chi connectivity index (χ4v) is 2.18. The lowest BCUT2D eigenvalue weighted by atomic mass is 10.1. The molecule has 0 aliphatic rings. The Morgan fingerprint density at radius 1 is 1.48 bits per heavy atom. The number of carbonyl (C=O) groups is 1. The fourth-order valence-electron chi connectivity index (χ4n) is 2.18. The van der Waals surface area contributed by atoms with Gasteiger partial charge in [-0.3, -0.25) is 9.48 Å². The van der Waals surface area contributed by atoms with Crippen molar-refractivity contribution in [1.82, 2.24) is 20.2 Å². The summed E-state index contributed by atoms with van der Waals surface area (Å²) in [6.07, 6.45) is 7.20. The summed E-state index contributed by atoms with van der Waals surface area (Å²) >= 11 is 0. The van der Waals surface area contributed by atoms with E-state index in [4.69, 9.17) is 0 Å². The van der Waals surface area contributed by atoms with Gasteiger partial charge in [-0.05, 0) is 11.6 Å². The minimum absolute atomic E-state index is 0.153. The highest BCUT2D eigenvalue weighted by Crippen LogP contribution is 2.17. The molecule has 1 amide bonds. The predicted molar refractivity (Wildman–Crippen MR) is 80.9 cm³/mol. The van der Waals surface area contributed by atoms with E-state index in [0.717, 1.165) is 22.0 Å². The molecule has 0 unspecified atom stereocenters. The van der Waals surface area contributed by atoms with Crippen LogP contribution in [0.15, 0.2) is 48.0 Å². The number of fused-ring (bicyclic) bond motifs is 1. The van der Waals surface area contributed by atoms with Crippen LogP contribution in [-0.2, 0) is 18.3 Å². The van der Waals surface area contributed by atoms with Crippen molar-refractivity contribution in [3.05, 3.63) is 54.0 Å². The smallest absolute Gasteiger partial charge is 0.244 e. The summed E-state index contributed by atoms with van der Waals surface area (Å²) in [7, 11) is 1.83. The largest absolute Gasteiger partial charge is 0.361 e. The highest BCUT2D eigenvalue weighted by atomic mass is 16.2. The Balaban J connectivity index is 1.63. The monoisotopic (exact) mass is 281 g/mol. The van der Waals surface area contributed by atoms with Gasteiger partial charge in [0.1, 0.15) is 0 Å². The van der Waals surface area contributed by atoms with Gasteiger partial charge in [-0.1, -0.05) is 18.2 Å². The molecule has 0 aliphatic carbocycles. The molecule has 2 N–H and O–H groups in total. The summed E-state index contributed by atoms with van der Waals surface area (Å²) in [6.45, 7) is 0. The molecule has 0 radical (unpaired) electrons. The second-order valence-electron chi connectivity index (χ2n) is 4.78. The highest BCUT2D eigenvalue weighted by molar-refractivity contribution is 5.89. The van der Waals surface area contributed by atoms with Gasteiger partial charge in [0.25, 0.3) is 0 Å². The van der Waals surface area contributed by atoms with E-state index in [9.17, 15) is 4.79 Å². The molecular formula is C15H15N5O. The summed E-state index contributed by atoms with van der Waals surface area (Å²) in [5.41, 5.74) is 5.35. The van der Waals surface area contributed by atoms with Gasteiger partial charge in [-0.15, -0.1) is 0 Å². The maximum atomic E-state index is 11.9. The Bertz CT molecular complexity index is 799. The Morgan fingerprint density at radius 2 is 2.33 bits per heavy atom. The van der Waals surface area contributed by atoms with E-state index in [1.165, 1.54) is 0 Å². The molecule has 6 heteroatoms. The fraction of sp³-hybridized carbons (Fsp3) is 0.133. The lowest BCUT2D eigenvalue weighted by Gasteiger charge is -1.98. The number of rotatable bonds is 4. The van der Waals surface area contributed by atoms with Crippen LogP contribution < -0.4 is 5.43 Å². The van der Waals surface area contributed by atoms with Gasteiger partial charge < -0.3 is 4.98 Å². The van der Waals surface area contributed by atoms with Crippen molar-refractivity contribution in [2.24, 2.45) is 12.1 Å². The molecule has 3 aromatic rings. The van der Waals surface area contributed by atoms with Crippen molar-refractivity contribution >= 4 is 23.0 Å². The zero-order chi connectivity index (χ0) is 14.7. The molecule has 3 rings (SSSR count). The SMILES string of the molecule is Cn1cc(/C=N/NC(=O)Cc2c[nH]c3ccccc23)cn1. The molecule has 0 atom stereocenters. The van der Waals surface area contributed by atoms with Gasteiger partial charge in [-0.25, -0.2) is 5.43 Å². The van der Waals surface area contributed by atoms with Crippen molar-refractivity contribution < 1.29 is 4.79 Å². The first-order valence-corrected chi connectivity index (χ1v) is 6.58. The van der Waals surface area contributed by atoms with Crippen LogP contribution in [0.3, 0.4) is 0 Å². The van der Waals surface area contributed by atoms with E-state index in [1.807, 2.05) is 43.7 Å². The number of hydrogen-bond acceptors (Lipinski definition) is 3. The number of H-pyrrole nitrogens is 1. The average Bonchev–Trinajstić information content (AvgIpc) is 3.06. The van der Waals surface area contributed by atoms with Gasteiger partial charge in [0, 0.05) is 35.9 Å². The van der Waals surface area contributed by atoms with Crippen LogP contribution in [0.2, 0.25) is 0 Å². The van der Waals surface area contributed by atoms with Crippen LogP contribution >= 0.6 is 0 Å². The summed E-state index contributed by atoms with van der Waals surface area (Å²) in [4.78, 5) is 15.0. The van der Waals surface area contributed by atoms with Crippen molar-refractivity contribution in [3.8, 4) is 0 Å². The highest BCUT2D eigenvalue weighted by Gasteiger charge is 2.07. The number of hydrogen-bond donors (Lipinski definition) is 2. The minimum atomic E-state index is -0.153. The Morgan fingerprint density at radius 3 is 3.14 bits per heavy atom. The third-order valence-corrected chi connectivity index (χ3v) is 3.15. The van der Waals surface area contributed by atoms with Gasteiger partial charge in [0.2, 0.25) is 5.91 Å². The molecule has 0 fully saturated rings. The molecule has 2 aromatic heterocycles. The Kier molecular flexibility index (Phi) is 3.51. The first kappa shape index (κ1) is 13.1. The second kappa shape index (κ2) is 5.62. The van der Waals surface area contributed by atoms with Gasteiger partial charge in [0.05, 0.1) is 18.8 Å². The maximum Gasteiger partial charge on any atom is 0.244 e.